The first kappa shape index (κ1) is 15.3. The van der Waals surface area contributed by atoms with Crippen molar-refractivity contribution in [3.05, 3.63) is 23.8 Å². The lowest BCUT2D eigenvalue weighted by atomic mass is 10.2. The number of carbonyl (C=O) groups excluding carboxylic acids is 1. The average Bonchev–Trinajstić information content (AvgIpc) is 2.42. The maximum atomic E-state index is 11.8. The molecule has 0 spiro atoms. The molecule has 0 saturated heterocycles. The largest absolute Gasteiger partial charge is 0.507 e. The molecule has 1 rings (SSSR count). The number of benzene rings is 1. The Morgan fingerprint density at radius 2 is 2.21 bits per heavy atom. The Bertz CT molecular complexity index is 410. The van der Waals surface area contributed by atoms with E-state index in [1.54, 1.807) is 6.07 Å². The third-order valence-corrected chi connectivity index (χ3v) is 2.46. The maximum absolute atomic E-state index is 11.8. The molecule has 6 heteroatoms. The van der Waals surface area contributed by atoms with Crippen molar-refractivity contribution in [1.82, 2.24) is 5.32 Å². The van der Waals surface area contributed by atoms with Gasteiger partial charge in [-0.2, -0.15) is 0 Å². The molecule has 1 amide bonds. The molecule has 6 nitrogen and oxygen atoms in total. The number of ether oxygens (including phenoxy) is 2. The van der Waals surface area contributed by atoms with E-state index in [2.05, 4.69) is 5.32 Å². The summed E-state index contributed by atoms with van der Waals surface area (Å²) in [5, 5.41) is 12.4. The van der Waals surface area contributed by atoms with E-state index in [9.17, 15) is 9.90 Å². The minimum absolute atomic E-state index is 0.101. The Morgan fingerprint density at radius 3 is 2.84 bits per heavy atom. The zero-order chi connectivity index (χ0) is 14.1. The molecule has 0 aliphatic heterocycles. The van der Waals surface area contributed by atoms with Crippen molar-refractivity contribution < 1.29 is 19.4 Å². The van der Waals surface area contributed by atoms with Gasteiger partial charge in [-0.25, -0.2) is 0 Å². The molecular weight excluding hydrogens is 248 g/mol. The van der Waals surface area contributed by atoms with Gasteiger partial charge in [0.05, 0.1) is 19.3 Å². The Hall–Kier alpha value is -1.79. The van der Waals surface area contributed by atoms with Gasteiger partial charge in [0, 0.05) is 25.8 Å². The number of nitrogens with one attached hydrogen (secondary N) is 1. The van der Waals surface area contributed by atoms with Gasteiger partial charge < -0.3 is 25.6 Å². The number of phenols is 1. The summed E-state index contributed by atoms with van der Waals surface area (Å²) in [6.45, 7) is 2.04. The zero-order valence-corrected chi connectivity index (χ0v) is 11.0. The van der Waals surface area contributed by atoms with Gasteiger partial charge in [-0.3, -0.25) is 4.79 Å². The molecule has 0 fully saturated rings. The van der Waals surface area contributed by atoms with Crippen LogP contribution in [0.1, 0.15) is 16.8 Å². The number of phenolic OH excluding ortho intramolecular Hbond substituents is 1. The van der Waals surface area contributed by atoms with Crippen molar-refractivity contribution in [1.29, 1.82) is 0 Å². The number of rotatable bonds is 8. The molecule has 1 aromatic rings. The first-order valence-electron chi connectivity index (χ1n) is 6.12. The molecule has 0 saturated carbocycles. The number of aromatic hydroxyl groups is 1. The summed E-state index contributed by atoms with van der Waals surface area (Å²) >= 11 is 0. The van der Waals surface area contributed by atoms with E-state index >= 15 is 0 Å². The molecule has 4 N–H and O–H groups in total. The van der Waals surface area contributed by atoms with E-state index < -0.39 is 0 Å². The Kier molecular flexibility index (Phi) is 6.70. The monoisotopic (exact) mass is 268 g/mol. The number of methoxy groups -OCH3 is 1. The van der Waals surface area contributed by atoms with Crippen LogP contribution in [0.15, 0.2) is 18.2 Å². The Labute approximate surface area is 112 Å². The zero-order valence-electron chi connectivity index (χ0n) is 11.0. The summed E-state index contributed by atoms with van der Waals surface area (Å²) < 4.78 is 10.1. The highest BCUT2D eigenvalue weighted by Gasteiger charge is 2.11. The van der Waals surface area contributed by atoms with E-state index in [1.165, 1.54) is 19.2 Å². The third kappa shape index (κ3) is 5.15. The average molecular weight is 268 g/mol. The van der Waals surface area contributed by atoms with Gasteiger partial charge in [0.15, 0.2) is 0 Å². The first-order valence-corrected chi connectivity index (χ1v) is 6.12. The summed E-state index contributed by atoms with van der Waals surface area (Å²) in [5.74, 6) is 0.0828. The van der Waals surface area contributed by atoms with Crippen LogP contribution in [-0.4, -0.2) is 44.4 Å². The van der Waals surface area contributed by atoms with Crippen LogP contribution in [0.3, 0.4) is 0 Å². The van der Waals surface area contributed by atoms with Crippen LogP contribution in [-0.2, 0) is 4.74 Å². The predicted molar refractivity (Wildman–Crippen MR) is 71.5 cm³/mol. The van der Waals surface area contributed by atoms with Gasteiger partial charge in [0.25, 0.3) is 5.91 Å². The maximum Gasteiger partial charge on any atom is 0.255 e. The highest BCUT2D eigenvalue weighted by molar-refractivity contribution is 5.96. The molecule has 106 valence electrons. The van der Waals surface area contributed by atoms with Gasteiger partial charge in [0.1, 0.15) is 11.5 Å². The van der Waals surface area contributed by atoms with Crippen molar-refractivity contribution in [2.45, 2.75) is 6.42 Å². The van der Waals surface area contributed by atoms with Crippen molar-refractivity contribution in [2.75, 3.05) is 33.4 Å². The van der Waals surface area contributed by atoms with Crippen LogP contribution in [0, 0.1) is 0 Å². The Balaban J connectivity index is 2.37. The molecule has 1 aromatic carbocycles. The molecular formula is C13H20N2O4. The fourth-order valence-electron chi connectivity index (χ4n) is 1.49. The highest BCUT2D eigenvalue weighted by Crippen LogP contribution is 2.23. The second-order valence-electron chi connectivity index (χ2n) is 3.89. The fourth-order valence-corrected chi connectivity index (χ4v) is 1.49. The van der Waals surface area contributed by atoms with Crippen molar-refractivity contribution >= 4 is 5.91 Å². The normalized spacial score (nSPS) is 10.2. The van der Waals surface area contributed by atoms with Crippen LogP contribution in [0.5, 0.6) is 11.5 Å². The van der Waals surface area contributed by atoms with Crippen LogP contribution in [0.4, 0.5) is 0 Å². The van der Waals surface area contributed by atoms with Crippen LogP contribution < -0.4 is 15.8 Å². The van der Waals surface area contributed by atoms with Crippen LogP contribution in [0.25, 0.3) is 0 Å². The van der Waals surface area contributed by atoms with Gasteiger partial charge in [0.2, 0.25) is 0 Å². The molecule has 0 bridgehead atoms. The number of nitrogens with two attached hydrogens (primary N) is 1. The number of amides is 1. The topological polar surface area (TPSA) is 93.8 Å². The third-order valence-electron chi connectivity index (χ3n) is 2.46. The summed E-state index contributed by atoms with van der Waals surface area (Å²) in [6.07, 6.45) is 0.697. The van der Waals surface area contributed by atoms with E-state index in [0.717, 1.165) is 0 Å². The summed E-state index contributed by atoms with van der Waals surface area (Å²) in [5.41, 5.74) is 5.50. The highest BCUT2D eigenvalue weighted by atomic mass is 16.5. The lowest BCUT2D eigenvalue weighted by Crippen LogP contribution is -2.25. The predicted octanol–water partition coefficient (Wildman–Crippen LogP) is 0.496. The number of hydrogen-bond donors (Lipinski definition) is 3. The quantitative estimate of drug-likeness (QED) is 0.597. The summed E-state index contributed by atoms with van der Waals surface area (Å²) in [6, 6.07) is 4.55. The second-order valence-corrected chi connectivity index (χ2v) is 3.89. The molecule has 0 radical (unpaired) electrons. The van der Waals surface area contributed by atoms with E-state index in [0.29, 0.717) is 38.5 Å². The number of carbonyl (C=O) groups is 1. The molecule has 0 aliphatic rings. The van der Waals surface area contributed by atoms with Gasteiger partial charge >= 0.3 is 0 Å². The minimum Gasteiger partial charge on any atom is -0.507 e. The second kappa shape index (κ2) is 8.34. The van der Waals surface area contributed by atoms with Gasteiger partial charge in [-0.05, 0) is 18.6 Å². The smallest absolute Gasteiger partial charge is 0.255 e. The van der Waals surface area contributed by atoms with Crippen LogP contribution >= 0.6 is 0 Å². The van der Waals surface area contributed by atoms with E-state index in [-0.39, 0.29) is 17.2 Å². The lowest BCUT2D eigenvalue weighted by Gasteiger charge is -2.08. The first-order chi connectivity index (χ1) is 9.19. The molecule has 0 unspecified atom stereocenters. The molecule has 19 heavy (non-hydrogen) atoms. The standard InChI is InChI=1S/C13H20N2O4/c1-18-10-3-4-11(12(16)9-10)13(17)15-6-2-7-19-8-5-14/h3-4,9,16H,2,5-8,14H2,1H3,(H,15,17). The fraction of sp³-hybridized carbons (Fsp3) is 0.462. The van der Waals surface area contributed by atoms with E-state index in [4.69, 9.17) is 15.2 Å². The SMILES string of the molecule is COc1ccc(C(=O)NCCCOCCN)c(O)c1. The van der Waals surface area contributed by atoms with Crippen molar-refractivity contribution in [3.63, 3.8) is 0 Å². The van der Waals surface area contributed by atoms with Gasteiger partial charge in [-0.15, -0.1) is 0 Å². The Morgan fingerprint density at radius 1 is 1.42 bits per heavy atom. The molecule has 0 aliphatic carbocycles. The van der Waals surface area contributed by atoms with Gasteiger partial charge in [-0.1, -0.05) is 0 Å². The number of hydrogen-bond acceptors (Lipinski definition) is 5. The summed E-state index contributed by atoms with van der Waals surface area (Å²) in [7, 11) is 1.50. The molecule has 0 heterocycles. The summed E-state index contributed by atoms with van der Waals surface area (Å²) in [4.78, 5) is 11.8. The minimum atomic E-state index is -0.320. The van der Waals surface area contributed by atoms with Crippen molar-refractivity contribution in [3.8, 4) is 11.5 Å². The molecule has 0 aromatic heterocycles. The van der Waals surface area contributed by atoms with Crippen molar-refractivity contribution in [2.24, 2.45) is 5.73 Å². The van der Waals surface area contributed by atoms with Crippen LogP contribution in [0.2, 0.25) is 0 Å². The lowest BCUT2D eigenvalue weighted by molar-refractivity contribution is 0.0940. The van der Waals surface area contributed by atoms with E-state index in [1.807, 2.05) is 0 Å². The molecule has 0 atom stereocenters.